The third-order valence-corrected chi connectivity index (χ3v) is 4.62. The molecule has 0 aliphatic carbocycles. The maximum Gasteiger partial charge on any atom is 0.254 e. The Labute approximate surface area is 149 Å². The fraction of sp³-hybridized carbons (Fsp3) is 0.222. The molecule has 2 aromatic rings. The molecule has 23 heavy (non-hydrogen) atoms. The van der Waals surface area contributed by atoms with Gasteiger partial charge in [0.1, 0.15) is 0 Å². The summed E-state index contributed by atoms with van der Waals surface area (Å²) >= 11 is 2.20. The summed E-state index contributed by atoms with van der Waals surface area (Å²) in [5.41, 5.74) is 1.41. The Morgan fingerprint density at radius 2 is 1.26 bits per heavy atom. The van der Waals surface area contributed by atoms with Gasteiger partial charge < -0.3 is 9.80 Å². The van der Waals surface area contributed by atoms with Crippen molar-refractivity contribution >= 4 is 34.4 Å². The number of amides is 2. The van der Waals surface area contributed by atoms with Gasteiger partial charge in [-0.3, -0.25) is 9.59 Å². The van der Waals surface area contributed by atoms with Crippen molar-refractivity contribution in [3.8, 4) is 0 Å². The van der Waals surface area contributed by atoms with E-state index in [0.717, 1.165) is 3.57 Å². The van der Waals surface area contributed by atoms with Gasteiger partial charge in [-0.05, 0) is 52.9 Å². The summed E-state index contributed by atoms with van der Waals surface area (Å²) in [5, 5.41) is 0. The van der Waals surface area contributed by atoms with E-state index < -0.39 is 0 Å². The number of hydrogen-bond donors (Lipinski definition) is 0. The van der Waals surface area contributed by atoms with Crippen molar-refractivity contribution in [3.63, 3.8) is 0 Å². The molecule has 1 fully saturated rings. The predicted octanol–water partition coefficient (Wildman–Crippen LogP) is 2.89. The molecule has 0 radical (unpaired) electrons. The molecule has 1 aliphatic rings. The van der Waals surface area contributed by atoms with Crippen LogP contribution in [0.25, 0.3) is 0 Å². The van der Waals surface area contributed by atoms with Crippen LogP contribution in [0.4, 0.5) is 0 Å². The Balaban J connectivity index is 1.62. The summed E-state index contributed by atoms with van der Waals surface area (Å²) in [6, 6.07) is 16.9. The average molecular weight is 420 g/mol. The molecule has 1 aliphatic heterocycles. The first kappa shape index (κ1) is 16.0. The van der Waals surface area contributed by atoms with Gasteiger partial charge in [0.25, 0.3) is 11.8 Å². The van der Waals surface area contributed by atoms with Gasteiger partial charge >= 0.3 is 0 Å². The van der Waals surface area contributed by atoms with E-state index in [9.17, 15) is 9.59 Å². The van der Waals surface area contributed by atoms with Gasteiger partial charge in [0.2, 0.25) is 0 Å². The first-order valence-corrected chi connectivity index (χ1v) is 8.62. The van der Waals surface area contributed by atoms with E-state index in [1.165, 1.54) is 0 Å². The lowest BCUT2D eigenvalue weighted by Gasteiger charge is -2.35. The number of rotatable bonds is 2. The molecule has 2 aromatic carbocycles. The zero-order chi connectivity index (χ0) is 16.2. The molecule has 0 unspecified atom stereocenters. The number of benzene rings is 2. The van der Waals surface area contributed by atoms with Gasteiger partial charge in [-0.15, -0.1) is 0 Å². The molecule has 5 heteroatoms. The Bertz CT molecular complexity index is 710. The highest BCUT2D eigenvalue weighted by Gasteiger charge is 2.25. The normalized spacial score (nSPS) is 14.7. The van der Waals surface area contributed by atoms with Gasteiger partial charge in [-0.1, -0.05) is 24.3 Å². The molecule has 0 atom stereocenters. The summed E-state index contributed by atoms with van der Waals surface area (Å²) < 4.78 is 1.05. The topological polar surface area (TPSA) is 40.6 Å². The second kappa shape index (κ2) is 7.12. The third kappa shape index (κ3) is 3.72. The van der Waals surface area contributed by atoms with Crippen molar-refractivity contribution in [2.24, 2.45) is 0 Å². The minimum atomic E-state index is 0.0342. The lowest BCUT2D eigenvalue weighted by Crippen LogP contribution is -2.50. The van der Waals surface area contributed by atoms with Crippen LogP contribution in [0.1, 0.15) is 20.7 Å². The molecule has 0 saturated carbocycles. The number of carbonyl (C=O) groups excluding carboxylic acids is 2. The van der Waals surface area contributed by atoms with Gasteiger partial charge in [0.15, 0.2) is 0 Å². The van der Waals surface area contributed by atoms with Crippen LogP contribution in [-0.2, 0) is 0 Å². The molecule has 0 N–H and O–H groups in total. The molecule has 0 aromatic heterocycles. The van der Waals surface area contributed by atoms with Gasteiger partial charge in [-0.25, -0.2) is 0 Å². The van der Waals surface area contributed by atoms with E-state index in [4.69, 9.17) is 0 Å². The lowest BCUT2D eigenvalue weighted by atomic mass is 10.1. The molecule has 0 spiro atoms. The molecular weight excluding hydrogens is 403 g/mol. The van der Waals surface area contributed by atoms with Crippen LogP contribution in [0.3, 0.4) is 0 Å². The van der Waals surface area contributed by atoms with Crippen molar-refractivity contribution in [1.82, 2.24) is 9.80 Å². The lowest BCUT2D eigenvalue weighted by molar-refractivity contribution is 0.0535. The first-order chi connectivity index (χ1) is 11.1. The Hall–Kier alpha value is -1.89. The second-order valence-corrected chi connectivity index (χ2v) is 6.71. The monoisotopic (exact) mass is 420 g/mol. The van der Waals surface area contributed by atoms with Crippen molar-refractivity contribution in [1.29, 1.82) is 0 Å². The maximum atomic E-state index is 12.5. The van der Waals surface area contributed by atoms with Gasteiger partial charge in [0, 0.05) is 40.9 Å². The molecule has 1 saturated heterocycles. The molecule has 3 rings (SSSR count). The number of hydrogen-bond acceptors (Lipinski definition) is 2. The van der Waals surface area contributed by atoms with E-state index >= 15 is 0 Å². The van der Waals surface area contributed by atoms with Crippen molar-refractivity contribution in [3.05, 3.63) is 69.3 Å². The van der Waals surface area contributed by atoms with Crippen LogP contribution in [0.15, 0.2) is 54.6 Å². The fourth-order valence-electron chi connectivity index (χ4n) is 2.68. The third-order valence-electron chi connectivity index (χ3n) is 3.95. The van der Waals surface area contributed by atoms with Crippen LogP contribution >= 0.6 is 22.6 Å². The second-order valence-electron chi connectivity index (χ2n) is 5.46. The van der Waals surface area contributed by atoms with Crippen molar-refractivity contribution in [2.75, 3.05) is 26.2 Å². The molecule has 2 amide bonds. The van der Waals surface area contributed by atoms with Crippen LogP contribution < -0.4 is 0 Å². The smallest absolute Gasteiger partial charge is 0.254 e. The summed E-state index contributed by atoms with van der Waals surface area (Å²) in [4.78, 5) is 28.6. The van der Waals surface area contributed by atoms with E-state index in [2.05, 4.69) is 22.6 Å². The predicted molar refractivity (Wildman–Crippen MR) is 97.4 cm³/mol. The SMILES string of the molecule is O=C(c1ccccc1)N1CCN(C(=O)c2cccc(I)c2)CC1. The number of carbonyl (C=O) groups is 2. The van der Waals surface area contributed by atoms with E-state index in [1.807, 2.05) is 64.4 Å². The molecule has 1 heterocycles. The minimum Gasteiger partial charge on any atom is -0.335 e. The molecule has 118 valence electrons. The summed E-state index contributed by atoms with van der Waals surface area (Å²) in [6.07, 6.45) is 0. The highest BCUT2D eigenvalue weighted by atomic mass is 127. The zero-order valence-corrected chi connectivity index (χ0v) is 14.8. The summed E-state index contributed by atoms with van der Waals surface area (Å²) in [6.45, 7) is 2.29. The quantitative estimate of drug-likeness (QED) is 0.702. The van der Waals surface area contributed by atoms with Gasteiger partial charge in [-0.2, -0.15) is 0 Å². The van der Waals surface area contributed by atoms with E-state index in [1.54, 1.807) is 0 Å². The Morgan fingerprint density at radius 3 is 1.83 bits per heavy atom. The summed E-state index contributed by atoms with van der Waals surface area (Å²) in [7, 11) is 0. The van der Waals surface area contributed by atoms with Crippen molar-refractivity contribution in [2.45, 2.75) is 0 Å². The minimum absolute atomic E-state index is 0.0342. The Kier molecular flexibility index (Phi) is 4.95. The van der Waals surface area contributed by atoms with Gasteiger partial charge in [0.05, 0.1) is 0 Å². The standard InChI is InChI=1S/C18H17IN2O2/c19-16-8-4-7-15(13-16)18(23)21-11-9-20(10-12-21)17(22)14-5-2-1-3-6-14/h1-8,13H,9-12H2. The van der Waals surface area contributed by atoms with Crippen LogP contribution in [0, 0.1) is 3.57 Å². The fourth-order valence-corrected chi connectivity index (χ4v) is 3.22. The number of nitrogens with zero attached hydrogens (tertiary/aromatic N) is 2. The van der Waals surface area contributed by atoms with Crippen LogP contribution in [-0.4, -0.2) is 47.8 Å². The summed E-state index contributed by atoms with van der Waals surface area (Å²) in [5.74, 6) is 0.0716. The maximum absolute atomic E-state index is 12.5. The average Bonchev–Trinajstić information content (AvgIpc) is 2.61. The number of halogens is 1. The first-order valence-electron chi connectivity index (χ1n) is 7.54. The largest absolute Gasteiger partial charge is 0.335 e. The highest BCUT2D eigenvalue weighted by molar-refractivity contribution is 14.1. The number of piperazine rings is 1. The Morgan fingerprint density at radius 1 is 0.739 bits per heavy atom. The van der Waals surface area contributed by atoms with Crippen LogP contribution in [0.2, 0.25) is 0 Å². The van der Waals surface area contributed by atoms with E-state index in [0.29, 0.717) is 37.3 Å². The molecular formula is C18H17IN2O2. The zero-order valence-electron chi connectivity index (χ0n) is 12.6. The molecule has 0 bridgehead atoms. The molecule has 4 nitrogen and oxygen atoms in total. The van der Waals surface area contributed by atoms with E-state index in [-0.39, 0.29) is 11.8 Å². The van der Waals surface area contributed by atoms with Crippen molar-refractivity contribution < 1.29 is 9.59 Å². The van der Waals surface area contributed by atoms with Crippen LogP contribution in [0.5, 0.6) is 0 Å². The highest BCUT2D eigenvalue weighted by Crippen LogP contribution is 2.14.